The van der Waals surface area contributed by atoms with Gasteiger partial charge in [-0.05, 0) is 36.8 Å². The van der Waals surface area contributed by atoms with E-state index in [0.717, 1.165) is 20.4 Å². The maximum Gasteiger partial charge on any atom is 0.311 e. The summed E-state index contributed by atoms with van der Waals surface area (Å²) in [5.74, 6) is -0.280. The smallest absolute Gasteiger partial charge is 0.311 e. The third-order valence-electron chi connectivity index (χ3n) is 3.50. The maximum atomic E-state index is 11.5. The Morgan fingerprint density at radius 1 is 1.29 bits per heavy atom. The summed E-state index contributed by atoms with van der Waals surface area (Å²) >= 11 is 9.20. The van der Waals surface area contributed by atoms with Crippen LogP contribution in [0.5, 0.6) is 0 Å². The van der Waals surface area contributed by atoms with Crippen LogP contribution in [0.25, 0.3) is 0 Å². The van der Waals surface area contributed by atoms with Gasteiger partial charge >= 0.3 is 5.97 Å². The molecule has 0 amide bonds. The Balaban J connectivity index is 1.53. The van der Waals surface area contributed by atoms with Gasteiger partial charge in [-0.15, -0.1) is 11.3 Å². The monoisotopic (exact) mass is 431 g/mol. The van der Waals surface area contributed by atoms with Crippen LogP contribution in [0, 0.1) is 0 Å². The normalized spacial score (nSPS) is 10.9. The van der Waals surface area contributed by atoms with Gasteiger partial charge in [0.05, 0.1) is 30.0 Å². The first-order valence-corrected chi connectivity index (χ1v) is 10.6. The van der Waals surface area contributed by atoms with Gasteiger partial charge in [-0.2, -0.15) is 5.10 Å². The molecule has 0 aliphatic heterocycles. The third-order valence-corrected chi connectivity index (χ3v) is 5.82. The summed E-state index contributed by atoms with van der Waals surface area (Å²) in [7, 11) is 0. The molecule has 144 valence electrons. The summed E-state index contributed by atoms with van der Waals surface area (Å²) in [4.78, 5) is 17.9. The number of carbonyl (C=O) groups is 1. The highest BCUT2D eigenvalue weighted by Crippen LogP contribution is 2.32. The minimum absolute atomic E-state index is 0.167. The van der Waals surface area contributed by atoms with Crippen LogP contribution in [0.15, 0.2) is 68.8 Å². The highest BCUT2D eigenvalue weighted by atomic mass is 35.5. The van der Waals surface area contributed by atoms with Crippen molar-refractivity contribution < 1.29 is 9.53 Å². The second kappa shape index (κ2) is 10.3. The first kappa shape index (κ1) is 20.4. The van der Waals surface area contributed by atoms with Crippen molar-refractivity contribution in [2.45, 2.75) is 23.1 Å². The van der Waals surface area contributed by atoms with E-state index in [1.54, 1.807) is 24.9 Å². The van der Waals surface area contributed by atoms with Gasteiger partial charge < -0.3 is 4.74 Å². The molecule has 3 rings (SSSR count). The molecule has 0 spiro atoms. The predicted octanol–water partition coefficient (Wildman–Crippen LogP) is 5.50. The molecule has 0 bridgehead atoms. The van der Waals surface area contributed by atoms with Gasteiger partial charge in [0.2, 0.25) is 5.13 Å². The molecule has 1 N–H and O–H groups in total. The van der Waals surface area contributed by atoms with Crippen LogP contribution in [0.3, 0.4) is 0 Å². The quantitative estimate of drug-likeness (QED) is 0.290. The summed E-state index contributed by atoms with van der Waals surface area (Å²) in [6.07, 6.45) is 1.89. The second-order valence-electron chi connectivity index (χ2n) is 5.60. The second-order valence-corrected chi connectivity index (χ2v) is 7.98. The molecule has 0 saturated heterocycles. The summed E-state index contributed by atoms with van der Waals surface area (Å²) in [5, 5.41) is 7.38. The average Bonchev–Trinajstić information content (AvgIpc) is 3.12. The number of carbonyl (C=O) groups excluding carboxylic acids is 1. The number of esters is 1. The minimum atomic E-state index is -0.280. The lowest BCUT2D eigenvalue weighted by Gasteiger charge is -2.04. The molecule has 0 atom stereocenters. The summed E-state index contributed by atoms with van der Waals surface area (Å²) in [6, 6.07) is 15.8. The number of ether oxygens (including phenoxy) is 1. The van der Waals surface area contributed by atoms with Crippen molar-refractivity contribution in [1.82, 2.24) is 4.98 Å². The van der Waals surface area contributed by atoms with E-state index in [-0.39, 0.29) is 12.4 Å². The first-order valence-electron chi connectivity index (χ1n) is 8.55. The average molecular weight is 432 g/mol. The molecular formula is C20H18ClN3O2S2. The van der Waals surface area contributed by atoms with Gasteiger partial charge in [-0.25, -0.2) is 4.98 Å². The SMILES string of the molecule is CCOC(=O)Cc1csc(NN=Cc2ccc(Sc3ccccc3Cl)cc2)n1. The Kier molecular flexibility index (Phi) is 7.47. The van der Waals surface area contributed by atoms with Crippen molar-refractivity contribution in [2.75, 3.05) is 12.0 Å². The van der Waals surface area contributed by atoms with E-state index >= 15 is 0 Å². The number of hydrogen-bond acceptors (Lipinski definition) is 7. The van der Waals surface area contributed by atoms with Crippen LogP contribution >= 0.6 is 34.7 Å². The molecule has 0 fully saturated rings. The van der Waals surface area contributed by atoms with E-state index in [9.17, 15) is 4.79 Å². The fraction of sp³-hybridized carbons (Fsp3) is 0.150. The zero-order chi connectivity index (χ0) is 19.8. The maximum absolute atomic E-state index is 11.5. The standard InChI is InChI=1S/C20H18ClN3O2S2/c1-2-26-19(25)11-15-13-27-20(23-15)24-22-12-14-7-9-16(10-8-14)28-18-6-4-3-5-17(18)21/h3-10,12-13H,2,11H2,1H3,(H,23,24). The van der Waals surface area contributed by atoms with E-state index in [1.165, 1.54) is 11.3 Å². The molecule has 28 heavy (non-hydrogen) atoms. The largest absolute Gasteiger partial charge is 0.466 e. The predicted molar refractivity (Wildman–Crippen MR) is 116 cm³/mol. The number of halogens is 1. The molecular weight excluding hydrogens is 414 g/mol. The Labute approximate surface area is 176 Å². The number of hydrogen-bond donors (Lipinski definition) is 1. The number of benzene rings is 2. The highest BCUT2D eigenvalue weighted by Gasteiger charge is 2.08. The van der Waals surface area contributed by atoms with Crippen molar-refractivity contribution in [3.63, 3.8) is 0 Å². The van der Waals surface area contributed by atoms with E-state index < -0.39 is 0 Å². The zero-order valence-corrected chi connectivity index (χ0v) is 17.5. The van der Waals surface area contributed by atoms with E-state index in [0.29, 0.717) is 17.4 Å². The number of anilines is 1. The zero-order valence-electron chi connectivity index (χ0n) is 15.1. The minimum Gasteiger partial charge on any atom is -0.466 e. The van der Waals surface area contributed by atoms with E-state index in [4.69, 9.17) is 16.3 Å². The van der Waals surface area contributed by atoms with Crippen molar-refractivity contribution in [1.29, 1.82) is 0 Å². The van der Waals surface area contributed by atoms with Crippen LogP contribution in [-0.4, -0.2) is 23.8 Å². The van der Waals surface area contributed by atoms with Gasteiger partial charge in [0, 0.05) is 15.2 Å². The molecule has 8 heteroatoms. The molecule has 5 nitrogen and oxygen atoms in total. The lowest BCUT2D eigenvalue weighted by atomic mass is 10.2. The van der Waals surface area contributed by atoms with Gasteiger partial charge in [-0.1, -0.05) is 47.6 Å². The van der Waals surface area contributed by atoms with E-state index in [1.807, 2.05) is 53.9 Å². The van der Waals surface area contributed by atoms with Crippen LogP contribution in [0.2, 0.25) is 5.02 Å². The van der Waals surface area contributed by atoms with Crippen LogP contribution in [-0.2, 0) is 16.0 Å². The Hall–Kier alpha value is -2.35. The Bertz CT molecular complexity index is 958. The first-order chi connectivity index (χ1) is 13.6. The molecule has 3 aromatic rings. The molecule has 0 aliphatic rings. The van der Waals surface area contributed by atoms with Crippen molar-refractivity contribution in [3.05, 3.63) is 70.2 Å². The number of hydrazone groups is 1. The molecule has 1 heterocycles. The molecule has 0 unspecified atom stereocenters. The van der Waals surface area contributed by atoms with Gasteiger partial charge in [-0.3, -0.25) is 10.2 Å². The lowest BCUT2D eigenvalue weighted by molar-refractivity contribution is -0.142. The van der Waals surface area contributed by atoms with Gasteiger partial charge in [0.1, 0.15) is 0 Å². The number of aromatic nitrogens is 1. The number of rotatable bonds is 8. The Morgan fingerprint density at radius 2 is 2.07 bits per heavy atom. The van der Waals surface area contributed by atoms with Crippen molar-refractivity contribution in [2.24, 2.45) is 5.10 Å². The van der Waals surface area contributed by atoms with E-state index in [2.05, 4.69) is 15.5 Å². The van der Waals surface area contributed by atoms with Crippen molar-refractivity contribution >= 4 is 52.0 Å². The highest BCUT2D eigenvalue weighted by molar-refractivity contribution is 7.99. The fourth-order valence-corrected chi connectivity index (χ4v) is 3.99. The van der Waals surface area contributed by atoms with Gasteiger partial charge in [0.15, 0.2) is 0 Å². The number of thiazole rings is 1. The van der Waals surface area contributed by atoms with Crippen LogP contribution in [0.4, 0.5) is 5.13 Å². The number of nitrogens with zero attached hydrogens (tertiary/aromatic N) is 2. The summed E-state index contributed by atoms with van der Waals surface area (Å²) < 4.78 is 4.91. The topological polar surface area (TPSA) is 63.6 Å². The van der Waals surface area contributed by atoms with Crippen LogP contribution < -0.4 is 5.43 Å². The van der Waals surface area contributed by atoms with Crippen LogP contribution in [0.1, 0.15) is 18.2 Å². The molecule has 2 aromatic carbocycles. The van der Waals surface area contributed by atoms with Crippen molar-refractivity contribution in [3.8, 4) is 0 Å². The molecule has 1 aromatic heterocycles. The van der Waals surface area contributed by atoms with Gasteiger partial charge in [0.25, 0.3) is 0 Å². The summed E-state index contributed by atoms with van der Waals surface area (Å²) in [6.45, 7) is 2.15. The third kappa shape index (κ3) is 6.09. The number of nitrogens with one attached hydrogen (secondary N) is 1. The fourth-order valence-electron chi connectivity index (χ4n) is 2.24. The summed E-state index contributed by atoms with van der Waals surface area (Å²) in [5.41, 5.74) is 4.51. The molecule has 0 radical (unpaired) electrons. The Morgan fingerprint density at radius 3 is 2.82 bits per heavy atom. The lowest BCUT2D eigenvalue weighted by Crippen LogP contribution is -2.07. The molecule has 0 aliphatic carbocycles. The molecule has 0 saturated carbocycles.